The van der Waals surface area contributed by atoms with Crippen molar-refractivity contribution < 1.29 is 4.74 Å². The lowest BCUT2D eigenvalue weighted by molar-refractivity contribution is 0.340. The number of rotatable bonds is 7. The molecule has 4 heterocycles. The molecule has 5 aromatic rings. The zero-order valence-corrected chi connectivity index (χ0v) is 18.7. The van der Waals surface area contributed by atoms with Crippen LogP contribution in [0.4, 0.5) is 0 Å². The fourth-order valence-corrected chi connectivity index (χ4v) is 4.39. The number of hydrogen-bond donors (Lipinski definition) is 0. The lowest BCUT2D eigenvalue weighted by atomic mass is 10.2. The first kappa shape index (κ1) is 20.3. The topological polar surface area (TPSA) is 70.1 Å². The molecule has 0 bridgehead atoms. The summed E-state index contributed by atoms with van der Waals surface area (Å²) >= 11 is 1.61. The first-order valence-electron chi connectivity index (χ1n) is 10.4. The first-order valence-corrected chi connectivity index (χ1v) is 11.4. The van der Waals surface area contributed by atoms with Gasteiger partial charge in [-0.25, -0.2) is 4.98 Å². The summed E-state index contributed by atoms with van der Waals surface area (Å²) in [6.07, 6.45) is 7.61. The van der Waals surface area contributed by atoms with Gasteiger partial charge in [0.05, 0.1) is 12.3 Å². The molecule has 0 saturated heterocycles. The summed E-state index contributed by atoms with van der Waals surface area (Å²) in [7, 11) is 0. The first-order chi connectivity index (χ1) is 15.7. The third kappa shape index (κ3) is 3.97. The van der Waals surface area contributed by atoms with Crippen molar-refractivity contribution in [2.75, 3.05) is 6.61 Å². The standard InChI is InChI=1S/C24H22N6OS/c1-3-31-21-8-6-20(7-9-21)30-23(18-10-12-25-13-11-18)27-28-24(30)32-16-19-15-29-14-4-5-17(2)22(29)26-19/h4-15H,3,16H2,1-2H3. The van der Waals surface area contributed by atoms with E-state index in [1.807, 2.05) is 55.6 Å². The van der Waals surface area contributed by atoms with Gasteiger partial charge in [0.1, 0.15) is 11.4 Å². The van der Waals surface area contributed by atoms with Crippen molar-refractivity contribution in [3.8, 4) is 22.8 Å². The van der Waals surface area contributed by atoms with E-state index in [1.165, 1.54) is 0 Å². The molecule has 0 radical (unpaired) electrons. The molecule has 0 aliphatic rings. The quantitative estimate of drug-likeness (QED) is 0.331. The van der Waals surface area contributed by atoms with Gasteiger partial charge in [0, 0.05) is 41.8 Å². The maximum absolute atomic E-state index is 5.60. The van der Waals surface area contributed by atoms with Crippen LogP contribution >= 0.6 is 11.8 Å². The highest BCUT2D eigenvalue weighted by atomic mass is 32.2. The fourth-order valence-electron chi connectivity index (χ4n) is 3.55. The fraction of sp³-hybridized carbons (Fsp3) is 0.167. The number of nitrogens with zero attached hydrogens (tertiary/aromatic N) is 6. The van der Waals surface area contributed by atoms with Crippen LogP contribution in [-0.2, 0) is 5.75 Å². The van der Waals surface area contributed by atoms with Crippen LogP contribution < -0.4 is 4.74 Å². The summed E-state index contributed by atoms with van der Waals surface area (Å²) in [6.45, 7) is 4.68. The molecule has 7 nitrogen and oxygen atoms in total. The molecule has 5 rings (SSSR count). The summed E-state index contributed by atoms with van der Waals surface area (Å²) < 4.78 is 9.73. The molecule has 160 valence electrons. The summed E-state index contributed by atoms with van der Waals surface area (Å²) in [5, 5.41) is 9.80. The molecule has 32 heavy (non-hydrogen) atoms. The highest BCUT2D eigenvalue weighted by Gasteiger charge is 2.17. The second-order valence-electron chi connectivity index (χ2n) is 7.25. The van der Waals surface area contributed by atoms with Crippen molar-refractivity contribution in [1.82, 2.24) is 29.1 Å². The summed E-state index contributed by atoms with van der Waals surface area (Å²) in [5.41, 5.74) is 5.06. The molecule has 0 N–H and O–H groups in total. The van der Waals surface area contributed by atoms with Gasteiger partial charge in [-0.3, -0.25) is 9.55 Å². The molecule has 0 amide bonds. The van der Waals surface area contributed by atoms with E-state index in [4.69, 9.17) is 9.72 Å². The highest BCUT2D eigenvalue weighted by Crippen LogP contribution is 2.30. The van der Waals surface area contributed by atoms with E-state index >= 15 is 0 Å². The Morgan fingerprint density at radius 2 is 1.81 bits per heavy atom. The molecule has 8 heteroatoms. The molecular formula is C24H22N6OS. The van der Waals surface area contributed by atoms with Crippen molar-refractivity contribution in [2.24, 2.45) is 0 Å². The van der Waals surface area contributed by atoms with E-state index in [0.717, 1.165) is 44.9 Å². The Hall–Kier alpha value is -3.65. The van der Waals surface area contributed by atoms with Crippen LogP contribution in [0.1, 0.15) is 18.2 Å². The van der Waals surface area contributed by atoms with Gasteiger partial charge in [-0.05, 0) is 61.9 Å². The second-order valence-corrected chi connectivity index (χ2v) is 8.19. The Balaban J connectivity index is 1.50. The molecular weight excluding hydrogens is 420 g/mol. The minimum Gasteiger partial charge on any atom is -0.494 e. The van der Waals surface area contributed by atoms with Gasteiger partial charge in [0.15, 0.2) is 11.0 Å². The average molecular weight is 443 g/mol. The van der Waals surface area contributed by atoms with Crippen LogP contribution in [0.25, 0.3) is 22.7 Å². The van der Waals surface area contributed by atoms with Crippen molar-refractivity contribution >= 4 is 17.4 Å². The Morgan fingerprint density at radius 1 is 1.00 bits per heavy atom. The molecule has 4 aromatic heterocycles. The highest BCUT2D eigenvalue weighted by molar-refractivity contribution is 7.98. The maximum atomic E-state index is 5.60. The minimum absolute atomic E-state index is 0.633. The molecule has 0 atom stereocenters. The lowest BCUT2D eigenvalue weighted by Crippen LogP contribution is -2.00. The summed E-state index contributed by atoms with van der Waals surface area (Å²) in [5.74, 6) is 2.29. The van der Waals surface area contributed by atoms with E-state index < -0.39 is 0 Å². The van der Waals surface area contributed by atoms with Crippen molar-refractivity contribution in [1.29, 1.82) is 0 Å². The van der Waals surface area contributed by atoms with Gasteiger partial charge in [-0.15, -0.1) is 10.2 Å². The van der Waals surface area contributed by atoms with Gasteiger partial charge < -0.3 is 9.14 Å². The Kier molecular flexibility index (Phi) is 5.60. The van der Waals surface area contributed by atoms with E-state index in [2.05, 4.69) is 43.3 Å². The zero-order valence-electron chi connectivity index (χ0n) is 17.8. The lowest BCUT2D eigenvalue weighted by Gasteiger charge is -2.11. The Bertz CT molecular complexity index is 1340. The number of thioether (sulfide) groups is 1. The number of hydrogen-bond acceptors (Lipinski definition) is 6. The van der Waals surface area contributed by atoms with Gasteiger partial charge in [-0.2, -0.15) is 0 Å². The predicted octanol–water partition coefficient (Wildman–Crippen LogP) is 4.98. The number of ether oxygens (including phenoxy) is 1. The SMILES string of the molecule is CCOc1ccc(-n2c(SCc3cn4cccc(C)c4n3)nnc2-c2ccncc2)cc1. The molecule has 1 aromatic carbocycles. The molecule has 0 saturated carbocycles. The second kappa shape index (κ2) is 8.84. The van der Waals surface area contributed by atoms with E-state index in [0.29, 0.717) is 12.4 Å². The molecule has 0 unspecified atom stereocenters. The largest absolute Gasteiger partial charge is 0.494 e. The third-order valence-electron chi connectivity index (χ3n) is 5.05. The van der Waals surface area contributed by atoms with Crippen molar-refractivity contribution in [2.45, 2.75) is 24.8 Å². The number of fused-ring (bicyclic) bond motifs is 1. The molecule has 0 fully saturated rings. The van der Waals surface area contributed by atoms with Gasteiger partial charge in [0.25, 0.3) is 0 Å². The van der Waals surface area contributed by atoms with Crippen LogP contribution in [0.15, 0.2) is 78.5 Å². The van der Waals surface area contributed by atoms with Crippen LogP contribution in [0.3, 0.4) is 0 Å². The van der Waals surface area contributed by atoms with E-state index in [9.17, 15) is 0 Å². The third-order valence-corrected chi connectivity index (χ3v) is 6.02. The van der Waals surface area contributed by atoms with Crippen molar-refractivity contribution in [3.63, 3.8) is 0 Å². The maximum Gasteiger partial charge on any atom is 0.196 e. The minimum atomic E-state index is 0.633. The van der Waals surface area contributed by atoms with E-state index in [1.54, 1.807) is 24.2 Å². The van der Waals surface area contributed by atoms with E-state index in [-0.39, 0.29) is 0 Å². The number of imidazole rings is 1. The van der Waals surface area contributed by atoms with Crippen LogP contribution in [-0.4, -0.2) is 35.7 Å². The van der Waals surface area contributed by atoms with Crippen LogP contribution in [0.5, 0.6) is 5.75 Å². The molecule has 0 spiro atoms. The Labute approximate surface area is 190 Å². The number of aryl methyl sites for hydroxylation is 1. The number of aromatic nitrogens is 6. The van der Waals surface area contributed by atoms with Crippen LogP contribution in [0, 0.1) is 6.92 Å². The molecule has 0 aliphatic heterocycles. The van der Waals surface area contributed by atoms with Gasteiger partial charge >= 0.3 is 0 Å². The zero-order chi connectivity index (χ0) is 21.9. The summed E-state index contributed by atoms with van der Waals surface area (Å²) in [4.78, 5) is 8.91. The number of pyridine rings is 2. The normalized spacial score (nSPS) is 11.2. The monoisotopic (exact) mass is 442 g/mol. The van der Waals surface area contributed by atoms with Crippen LogP contribution in [0.2, 0.25) is 0 Å². The molecule has 0 aliphatic carbocycles. The smallest absolute Gasteiger partial charge is 0.196 e. The van der Waals surface area contributed by atoms with Gasteiger partial charge in [0.2, 0.25) is 0 Å². The van der Waals surface area contributed by atoms with Crippen molar-refractivity contribution in [3.05, 3.63) is 84.6 Å². The number of benzene rings is 1. The Morgan fingerprint density at radius 3 is 2.56 bits per heavy atom. The average Bonchev–Trinajstić information content (AvgIpc) is 3.44. The van der Waals surface area contributed by atoms with Gasteiger partial charge in [-0.1, -0.05) is 17.8 Å². The summed E-state index contributed by atoms with van der Waals surface area (Å²) in [6, 6.07) is 16.0. The predicted molar refractivity (Wildman–Crippen MR) is 125 cm³/mol.